The molecule has 0 aliphatic carbocycles. The van der Waals surface area contributed by atoms with Crippen molar-refractivity contribution >= 4 is 11.9 Å². The zero-order chi connectivity index (χ0) is 13.9. The number of aliphatic carboxylic acids is 1. The maximum absolute atomic E-state index is 12.1. The van der Waals surface area contributed by atoms with Gasteiger partial charge < -0.3 is 15.7 Å². The molecule has 3 N–H and O–H groups in total. The number of rotatable bonds is 5. The number of carboxylic acid groups (broad SMARTS) is 1. The van der Waals surface area contributed by atoms with E-state index in [4.69, 9.17) is 5.11 Å². The summed E-state index contributed by atoms with van der Waals surface area (Å²) in [5.41, 5.74) is -0.258. The molecule has 1 saturated heterocycles. The van der Waals surface area contributed by atoms with E-state index in [0.29, 0.717) is 5.92 Å². The predicted molar refractivity (Wildman–Crippen MR) is 69.2 cm³/mol. The molecule has 1 rings (SSSR count). The lowest BCUT2D eigenvalue weighted by Gasteiger charge is -2.35. The topological polar surface area (TPSA) is 78.4 Å². The molecule has 2 unspecified atom stereocenters. The number of hydrogen-bond donors (Lipinski definition) is 3. The quantitative estimate of drug-likeness (QED) is 0.681. The van der Waals surface area contributed by atoms with Gasteiger partial charge in [-0.25, -0.2) is 0 Å². The minimum atomic E-state index is -0.881. The maximum atomic E-state index is 12.1. The van der Waals surface area contributed by atoms with Gasteiger partial charge >= 0.3 is 5.97 Å². The minimum absolute atomic E-state index is 0.0368. The fourth-order valence-electron chi connectivity index (χ4n) is 1.93. The summed E-state index contributed by atoms with van der Waals surface area (Å²) in [7, 11) is 0. The molecule has 1 heterocycles. The molecule has 5 heteroatoms. The third kappa shape index (κ3) is 3.98. The van der Waals surface area contributed by atoms with Crippen LogP contribution in [0.2, 0.25) is 0 Å². The third-order valence-corrected chi connectivity index (χ3v) is 3.67. The molecule has 5 nitrogen and oxygen atoms in total. The van der Waals surface area contributed by atoms with Crippen LogP contribution in [0.4, 0.5) is 0 Å². The van der Waals surface area contributed by atoms with Crippen LogP contribution < -0.4 is 10.6 Å². The van der Waals surface area contributed by atoms with Gasteiger partial charge in [0, 0.05) is 12.0 Å². The highest BCUT2D eigenvalue weighted by Gasteiger charge is 2.33. The zero-order valence-electron chi connectivity index (χ0n) is 11.6. The summed E-state index contributed by atoms with van der Waals surface area (Å²) < 4.78 is 0. The van der Waals surface area contributed by atoms with Gasteiger partial charge in [0.05, 0.1) is 6.42 Å². The van der Waals surface area contributed by atoms with Crippen LogP contribution in [0.15, 0.2) is 0 Å². The van der Waals surface area contributed by atoms with Crippen molar-refractivity contribution < 1.29 is 14.7 Å². The van der Waals surface area contributed by atoms with Crippen LogP contribution in [0, 0.1) is 17.3 Å². The SMILES string of the molecule is CC(C(=O)NC(CC(=O)O)C(C)(C)C)C1CNC1. The smallest absolute Gasteiger partial charge is 0.305 e. The van der Waals surface area contributed by atoms with Crippen LogP contribution >= 0.6 is 0 Å². The maximum Gasteiger partial charge on any atom is 0.305 e. The molecule has 1 fully saturated rings. The van der Waals surface area contributed by atoms with Crippen molar-refractivity contribution in [2.24, 2.45) is 17.3 Å². The Bertz CT molecular complexity index is 319. The first-order chi connectivity index (χ1) is 8.21. The molecule has 1 aliphatic rings. The summed E-state index contributed by atoms with van der Waals surface area (Å²) >= 11 is 0. The van der Waals surface area contributed by atoms with E-state index < -0.39 is 5.97 Å². The number of carboxylic acids is 1. The Morgan fingerprint density at radius 3 is 2.28 bits per heavy atom. The van der Waals surface area contributed by atoms with E-state index in [1.807, 2.05) is 27.7 Å². The fourth-order valence-corrected chi connectivity index (χ4v) is 1.93. The number of carbonyl (C=O) groups excluding carboxylic acids is 1. The van der Waals surface area contributed by atoms with Crippen LogP contribution in [-0.4, -0.2) is 36.1 Å². The van der Waals surface area contributed by atoms with Crippen molar-refractivity contribution in [3.05, 3.63) is 0 Å². The monoisotopic (exact) mass is 256 g/mol. The molecule has 104 valence electrons. The molecule has 0 aromatic heterocycles. The van der Waals surface area contributed by atoms with Gasteiger partial charge in [-0.2, -0.15) is 0 Å². The van der Waals surface area contributed by atoms with E-state index in [0.717, 1.165) is 13.1 Å². The summed E-state index contributed by atoms with van der Waals surface area (Å²) in [6.45, 7) is 9.46. The molecule has 2 atom stereocenters. The van der Waals surface area contributed by atoms with Crippen molar-refractivity contribution in [3.63, 3.8) is 0 Å². The van der Waals surface area contributed by atoms with Crippen LogP contribution in [0.25, 0.3) is 0 Å². The van der Waals surface area contributed by atoms with Crippen LogP contribution in [0.5, 0.6) is 0 Å². The highest BCUT2D eigenvalue weighted by molar-refractivity contribution is 5.80. The van der Waals surface area contributed by atoms with Gasteiger partial charge in [-0.15, -0.1) is 0 Å². The van der Waals surface area contributed by atoms with Gasteiger partial charge in [0.1, 0.15) is 0 Å². The second kappa shape index (κ2) is 5.69. The molecule has 1 aliphatic heterocycles. The van der Waals surface area contributed by atoms with Gasteiger partial charge in [-0.3, -0.25) is 9.59 Å². The molecule has 0 aromatic rings. The first-order valence-corrected chi connectivity index (χ1v) is 6.44. The second-order valence-corrected chi connectivity index (χ2v) is 6.23. The number of amides is 1. The summed E-state index contributed by atoms with van der Waals surface area (Å²) in [5, 5.41) is 14.9. The molecule has 0 aromatic carbocycles. The molecule has 1 amide bonds. The summed E-state index contributed by atoms with van der Waals surface area (Å²) in [6, 6.07) is -0.335. The third-order valence-electron chi connectivity index (χ3n) is 3.67. The van der Waals surface area contributed by atoms with E-state index in [-0.39, 0.29) is 29.7 Å². The van der Waals surface area contributed by atoms with Gasteiger partial charge in [0.25, 0.3) is 0 Å². The van der Waals surface area contributed by atoms with Crippen molar-refractivity contribution in [1.29, 1.82) is 0 Å². The Morgan fingerprint density at radius 1 is 1.39 bits per heavy atom. The van der Waals surface area contributed by atoms with Gasteiger partial charge in [0.15, 0.2) is 0 Å². The number of carbonyl (C=O) groups is 2. The molecule has 0 spiro atoms. The Balaban J connectivity index is 2.59. The normalized spacial score (nSPS) is 19.8. The van der Waals surface area contributed by atoms with E-state index >= 15 is 0 Å². The van der Waals surface area contributed by atoms with Gasteiger partial charge in [0.2, 0.25) is 5.91 Å². The fraction of sp³-hybridized carbons (Fsp3) is 0.846. The summed E-state index contributed by atoms with van der Waals surface area (Å²) in [6.07, 6.45) is -0.0368. The lowest BCUT2D eigenvalue weighted by molar-refractivity contribution is -0.138. The second-order valence-electron chi connectivity index (χ2n) is 6.23. The van der Waals surface area contributed by atoms with Crippen LogP contribution in [0.3, 0.4) is 0 Å². The largest absolute Gasteiger partial charge is 0.481 e. The van der Waals surface area contributed by atoms with E-state index in [2.05, 4.69) is 10.6 Å². The van der Waals surface area contributed by atoms with Crippen LogP contribution in [-0.2, 0) is 9.59 Å². The highest BCUT2D eigenvalue weighted by atomic mass is 16.4. The van der Waals surface area contributed by atoms with E-state index in [1.54, 1.807) is 0 Å². The van der Waals surface area contributed by atoms with Crippen LogP contribution in [0.1, 0.15) is 34.1 Å². The molecule has 18 heavy (non-hydrogen) atoms. The first kappa shape index (κ1) is 15.0. The predicted octanol–water partition coefficient (Wildman–Crippen LogP) is 0.847. The Hall–Kier alpha value is -1.10. The number of hydrogen-bond acceptors (Lipinski definition) is 3. The van der Waals surface area contributed by atoms with E-state index in [9.17, 15) is 9.59 Å². The number of nitrogens with one attached hydrogen (secondary N) is 2. The highest BCUT2D eigenvalue weighted by Crippen LogP contribution is 2.23. The molecular formula is C13H24N2O3. The summed E-state index contributed by atoms with van der Waals surface area (Å²) in [4.78, 5) is 22.9. The zero-order valence-corrected chi connectivity index (χ0v) is 11.6. The van der Waals surface area contributed by atoms with Crippen molar-refractivity contribution in [2.75, 3.05) is 13.1 Å². The Labute approximate surface area is 108 Å². The average Bonchev–Trinajstić information content (AvgIpc) is 2.11. The molecule has 0 radical (unpaired) electrons. The Morgan fingerprint density at radius 2 is 1.94 bits per heavy atom. The molecule has 0 saturated carbocycles. The molecular weight excluding hydrogens is 232 g/mol. The van der Waals surface area contributed by atoms with E-state index in [1.165, 1.54) is 0 Å². The summed E-state index contributed by atoms with van der Waals surface area (Å²) in [5.74, 6) is -0.615. The Kier molecular flexibility index (Phi) is 4.73. The van der Waals surface area contributed by atoms with Crippen molar-refractivity contribution in [3.8, 4) is 0 Å². The minimum Gasteiger partial charge on any atom is -0.481 e. The average molecular weight is 256 g/mol. The van der Waals surface area contributed by atoms with Crippen molar-refractivity contribution in [1.82, 2.24) is 10.6 Å². The standard InChI is InChI=1S/C13H24N2O3/c1-8(9-6-14-7-9)12(18)15-10(5-11(16)17)13(2,3)4/h8-10,14H,5-7H2,1-4H3,(H,15,18)(H,16,17). The van der Waals surface area contributed by atoms with Gasteiger partial charge in [-0.05, 0) is 24.4 Å². The molecule has 0 bridgehead atoms. The first-order valence-electron chi connectivity index (χ1n) is 6.44. The van der Waals surface area contributed by atoms with Crippen molar-refractivity contribution in [2.45, 2.75) is 40.2 Å². The lowest BCUT2D eigenvalue weighted by atomic mass is 9.83. The van der Waals surface area contributed by atoms with Gasteiger partial charge in [-0.1, -0.05) is 27.7 Å². The lowest BCUT2D eigenvalue weighted by Crippen LogP contribution is -2.53.